The Morgan fingerprint density at radius 3 is 2.75 bits per heavy atom. The zero-order chi connectivity index (χ0) is 14.3. The first-order valence-corrected chi connectivity index (χ1v) is 6.43. The van der Waals surface area contributed by atoms with Crippen LogP contribution in [-0.2, 0) is 0 Å². The number of oxazole rings is 1. The first-order chi connectivity index (χ1) is 9.54. The number of halogens is 2. The molecule has 0 aliphatic carbocycles. The van der Waals surface area contributed by atoms with Crippen LogP contribution in [0.25, 0.3) is 22.6 Å². The molecule has 100 valence electrons. The van der Waals surface area contributed by atoms with Gasteiger partial charge in [-0.15, -0.1) is 0 Å². The van der Waals surface area contributed by atoms with Crippen LogP contribution >= 0.6 is 15.9 Å². The molecule has 0 radical (unpaired) electrons. The Labute approximate surface area is 121 Å². The van der Waals surface area contributed by atoms with Crippen molar-refractivity contribution >= 4 is 33.0 Å². The lowest BCUT2D eigenvalue weighted by Crippen LogP contribution is -1.94. The van der Waals surface area contributed by atoms with Gasteiger partial charge in [-0.3, -0.25) is 0 Å². The van der Waals surface area contributed by atoms with E-state index in [2.05, 4.69) is 20.9 Å². The van der Waals surface area contributed by atoms with Crippen molar-refractivity contribution in [3.05, 3.63) is 52.3 Å². The van der Waals surface area contributed by atoms with Crippen LogP contribution in [0.15, 0.2) is 45.3 Å². The fourth-order valence-corrected chi connectivity index (χ4v) is 2.17. The molecule has 0 unspecified atom stereocenters. The van der Waals surface area contributed by atoms with Gasteiger partial charge in [-0.2, -0.15) is 0 Å². The number of rotatable bonds is 2. The Kier molecular flexibility index (Phi) is 3.02. The SMILES string of the molecule is O=C(O)c1ccc2nc(-c3ccc(Br)cc3F)oc2c1. The highest BCUT2D eigenvalue weighted by atomic mass is 79.9. The minimum Gasteiger partial charge on any atom is -0.478 e. The Balaban J connectivity index is 2.15. The fraction of sp³-hybridized carbons (Fsp3) is 0. The van der Waals surface area contributed by atoms with E-state index in [0.717, 1.165) is 0 Å². The van der Waals surface area contributed by atoms with Gasteiger partial charge in [0.2, 0.25) is 5.89 Å². The lowest BCUT2D eigenvalue weighted by atomic mass is 10.2. The lowest BCUT2D eigenvalue weighted by Gasteiger charge is -1.98. The van der Waals surface area contributed by atoms with Crippen LogP contribution in [0.5, 0.6) is 0 Å². The number of benzene rings is 2. The normalized spacial score (nSPS) is 10.9. The topological polar surface area (TPSA) is 63.3 Å². The average molecular weight is 336 g/mol. The molecule has 0 fully saturated rings. The molecule has 20 heavy (non-hydrogen) atoms. The van der Waals surface area contributed by atoms with Crippen LogP contribution in [0.3, 0.4) is 0 Å². The standard InChI is InChI=1S/C14H7BrFNO3/c15-8-2-3-9(10(16)6-8)13-17-11-4-1-7(14(18)19)5-12(11)20-13/h1-6H,(H,18,19). The van der Waals surface area contributed by atoms with Gasteiger partial charge in [0, 0.05) is 4.47 Å². The molecule has 6 heteroatoms. The van der Waals surface area contributed by atoms with Gasteiger partial charge in [-0.05, 0) is 36.4 Å². The van der Waals surface area contributed by atoms with Gasteiger partial charge in [-0.1, -0.05) is 15.9 Å². The Hall–Kier alpha value is -2.21. The maximum atomic E-state index is 13.8. The molecule has 1 N–H and O–H groups in total. The number of carboxylic acid groups (broad SMARTS) is 1. The van der Waals surface area contributed by atoms with Crippen molar-refractivity contribution < 1.29 is 18.7 Å². The van der Waals surface area contributed by atoms with Crippen LogP contribution in [0.4, 0.5) is 4.39 Å². The third-order valence-corrected chi connectivity index (χ3v) is 3.29. The predicted octanol–water partition coefficient (Wildman–Crippen LogP) is 4.09. The van der Waals surface area contributed by atoms with E-state index in [4.69, 9.17) is 9.52 Å². The number of nitrogens with zero attached hydrogens (tertiary/aromatic N) is 1. The van der Waals surface area contributed by atoms with Crippen LogP contribution in [0.1, 0.15) is 10.4 Å². The van der Waals surface area contributed by atoms with E-state index in [1.54, 1.807) is 12.1 Å². The van der Waals surface area contributed by atoms with E-state index >= 15 is 0 Å². The molecule has 0 bridgehead atoms. The van der Waals surface area contributed by atoms with Gasteiger partial charge in [0.15, 0.2) is 5.58 Å². The maximum absolute atomic E-state index is 13.8. The number of hydrogen-bond donors (Lipinski definition) is 1. The van der Waals surface area contributed by atoms with Gasteiger partial charge in [0.25, 0.3) is 0 Å². The zero-order valence-corrected chi connectivity index (χ0v) is 11.5. The minimum atomic E-state index is -1.06. The van der Waals surface area contributed by atoms with E-state index in [1.807, 2.05) is 0 Å². The molecule has 3 rings (SSSR count). The number of fused-ring (bicyclic) bond motifs is 1. The molecule has 2 aromatic carbocycles. The van der Waals surface area contributed by atoms with Gasteiger partial charge in [-0.25, -0.2) is 14.2 Å². The molecule has 0 saturated carbocycles. The van der Waals surface area contributed by atoms with E-state index in [0.29, 0.717) is 15.6 Å². The summed E-state index contributed by atoms with van der Waals surface area (Å²) in [6.07, 6.45) is 0. The van der Waals surface area contributed by atoms with Gasteiger partial charge < -0.3 is 9.52 Å². The summed E-state index contributed by atoms with van der Waals surface area (Å²) in [7, 11) is 0. The molecule has 0 aliphatic heterocycles. The van der Waals surface area contributed by atoms with E-state index in [-0.39, 0.29) is 17.0 Å². The van der Waals surface area contributed by atoms with E-state index in [9.17, 15) is 9.18 Å². The first kappa shape index (κ1) is 12.8. The third kappa shape index (κ3) is 2.18. The Morgan fingerprint density at radius 1 is 1.25 bits per heavy atom. The molecule has 0 amide bonds. The molecule has 0 atom stereocenters. The van der Waals surface area contributed by atoms with Crippen molar-refractivity contribution in [1.29, 1.82) is 0 Å². The summed E-state index contributed by atoms with van der Waals surface area (Å²) >= 11 is 3.17. The summed E-state index contributed by atoms with van der Waals surface area (Å²) in [6, 6.07) is 8.85. The highest BCUT2D eigenvalue weighted by Gasteiger charge is 2.14. The number of aromatic nitrogens is 1. The van der Waals surface area contributed by atoms with Crippen molar-refractivity contribution in [2.75, 3.05) is 0 Å². The number of carbonyl (C=O) groups is 1. The fourth-order valence-electron chi connectivity index (χ4n) is 1.84. The smallest absolute Gasteiger partial charge is 0.335 e. The van der Waals surface area contributed by atoms with Crippen molar-refractivity contribution in [3.8, 4) is 11.5 Å². The van der Waals surface area contributed by atoms with E-state index < -0.39 is 11.8 Å². The molecular weight excluding hydrogens is 329 g/mol. The van der Waals surface area contributed by atoms with E-state index in [1.165, 1.54) is 24.3 Å². The van der Waals surface area contributed by atoms with Gasteiger partial charge in [0.1, 0.15) is 11.3 Å². The summed E-state index contributed by atoms with van der Waals surface area (Å²) in [5, 5.41) is 8.92. The summed E-state index contributed by atoms with van der Waals surface area (Å²) in [5.41, 5.74) is 1.10. The van der Waals surface area contributed by atoms with Gasteiger partial charge >= 0.3 is 5.97 Å². The quantitative estimate of drug-likeness (QED) is 0.765. The van der Waals surface area contributed by atoms with Crippen LogP contribution in [-0.4, -0.2) is 16.1 Å². The molecule has 1 heterocycles. The largest absolute Gasteiger partial charge is 0.478 e. The van der Waals surface area contributed by atoms with Crippen LogP contribution in [0.2, 0.25) is 0 Å². The second-order valence-electron chi connectivity index (χ2n) is 4.13. The molecule has 1 aromatic heterocycles. The molecule has 0 spiro atoms. The minimum absolute atomic E-state index is 0.0940. The highest BCUT2D eigenvalue weighted by molar-refractivity contribution is 9.10. The van der Waals surface area contributed by atoms with Gasteiger partial charge in [0.05, 0.1) is 11.1 Å². The summed E-state index contributed by atoms with van der Waals surface area (Å²) in [4.78, 5) is 15.0. The van der Waals surface area contributed by atoms with Crippen molar-refractivity contribution in [3.63, 3.8) is 0 Å². The van der Waals surface area contributed by atoms with Crippen molar-refractivity contribution in [2.24, 2.45) is 0 Å². The highest BCUT2D eigenvalue weighted by Crippen LogP contribution is 2.28. The number of hydrogen-bond acceptors (Lipinski definition) is 3. The molecule has 3 aromatic rings. The zero-order valence-electron chi connectivity index (χ0n) is 9.93. The second kappa shape index (κ2) is 4.72. The molecule has 4 nitrogen and oxygen atoms in total. The summed E-state index contributed by atoms with van der Waals surface area (Å²) in [6.45, 7) is 0. The molecule has 0 aliphatic rings. The van der Waals surface area contributed by atoms with Crippen LogP contribution < -0.4 is 0 Å². The maximum Gasteiger partial charge on any atom is 0.335 e. The Morgan fingerprint density at radius 2 is 2.05 bits per heavy atom. The third-order valence-electron chi connectivity index (χ3n) is 2.80. The second-order valence-corrected chi connectivity index (χ2v) is 5.05. The van der Waals surface area contributed by atoms with Crippen LogP contribution in [0, 0.1) is 5.82 Å². The number of carboxylic acids is 1. The number of aromatic carboxylic acids is 1. The predicted molar refractivity (Wildman–Crippen MR) is 74.1 cm³/mol. The van der Waals surface area contributed by atoms with Crippen molar-refractivity contribution in [1.82, 2.24) is 4.98 Å². The molecule has 0 saturated heterocycles. The average Bonchev–Trinajstić information content (AvgIpc) is 2.80. The first-order valence-electron chi connectivity index (χ1n) is 5.64. The summed E-state index contributed by atoms with van der Waals surface area (Å²) < 4.78 is 19.9. The summed E-state index contributed by atoms with van der Waals surface area (Å²) in [5.74, 6) is -1.41. The van der Waals surface area contributed by atoms with Crippen molar-refractivity contribution in [2.45, 2.75) is 0 Å². The molecular formula is C14H7BrFNO3. The Bertz CT molecular complexity index is 828. The lowest BCUT2D eigenvalue weighted by molar-refractivity contribution is 0.0697. The monoisotopic (exact) mass is 335 g/mol.